The summed E-state index contributed by atoms with van der Waals surface area (Å²) in [5, 5.41) is 0. The summed E-state index contributed by atoms with van der Waals surface area (Å²) in [6.07, 6.45) is 10.1. The lowest BCUT2D eigenvalue weighted by Gasteiger charge is -2.35. The zero-order valence-electron chi connectivity index (χ0n) is 14.0. The van der Waals surface area contributed by atoms with Gasteiger partial charge in [-0.1, -0.05) is 24.3 Å². The molecule has 3 heterocycles. The van der Waals surface area contributed by atoms with Gasteiger partial charge in [-0.2, -0.15) is 0 Å². The number of ether oxygens (including phenoxy) is 1. The third kappa shape index (κ3) is 3.20. The van der Waals surface area contributed by atoms with Crippen molar-refractivity contribution in [2.45, 2.75) is 25.3 Å². The lowest BCUT2D eigenvalue weighted by atomic mass is 9.97. The Morgan fingerprint density at radius 2 is 2.00 bits per heavy atom. The molecule has 2 aliphatic heterocycles. The number of carbonyl (C=O) groups is 1. The first-order chi connectivity index (χ1) is 12.3. The third-order valence-corrected chi connectivity index (χ3v) is 4.71. The van der Waals surface area contributed by atoms with Crippen LogP contribution >= 0.6 is 0 Å². The summed E-state index contributed by atoms with van der Waals surface area (Å²) in [5.41, 5.74) is 2.53. The van der Waals surface area contributed by atoms with Gasteiger partial charge in [-0.25, -0.2) is 0 Å². The zero-order valence-corrected chi connectivity index (χ0v) is 14.0. The average Bonchev–Trinajstić information content (AvgIpc) is 2.90. The zero-order chi connectivity index (χ0) is 17.1. The minimum atomic E-state index is 0.0342. The standard InChI is InChI=1S/C21H20N2O2/c24-21(17-11-14-25-20-10-2-1-7-16(20)15-17)23-13-6-4-9-19(23)18-8-3-5-12-22-18/h1-3,5,7-8,10-12,14-15,19H,4,6,9,13H2/t19-/m0/s1. The summed E-state index contributed by atoms with van der Waals surface area (Å²) in [4.78, 5) is 19.7. The van der Waals surface area contributed by atoms with Gasteiger partial charge in [0.1, 0.15) is 5.75 Å². The second-order valence-corrected chi connectivity index (χ2v) is 6.32. The van der Waals surface area contributed by atoms with Crippen molar-refractivity contribution >= 4 is 12.0 Å². The molecule has 0 saturated carbocycles. The topological polar surface area (TPSA) is 42.4 Å². The molecule has 1 aromatic heterocycles. The van der Waals surface area contributed by atoms with Crippen molar-refractivity contribution < 1.29 is 9.53 Å². The van der Waals surface area contributed by atoms with Gasteiger partial charge in [0, 0.05) is 23.9 Å². The van der Waals surface area contributed by atoms with Crippen molar-refractivity contribution in [3.8, 4) is 5.75 Å². The third-order valence-electron chi connectivity index (χ3n) is 4.71. The Morgan fingerprint density at radius 1 is 1.12 bits per heavy atom. The molecule has 2 aromatic rings. The minimum Gasteiger partial charge on any atom is -0.464 e. The summed E-state index contributed by atoms with van der Waals surface area (Å²) in [5.74, 6) is 0.799. The van der Waals surface area contributed by atoms with Crippen LogP contribution in [-0.4, -0.2) is 22.3 Å². The molecular formula is C21H20N2O2. The molecule has 1 fully saturated rings. The van der Waals surface area contributed by atoms with E-state index in [1.54, 1.807) is 18.5 Å². The van der Waals surface area contributed by atoms with Gasteiger partial charge in [0.15, 0.2) is 0 Å². The molecule has 0 bridgehead atoms. The first-order valence-corrected chi connectivity index (χ1v) is 8.69. The number of likely N-dealkylation sites (tertiary alicyclic amines) is 1. The molecule has 25 heavy (non-hydrogen) atoms. The lowest BCUT2D eigenvalue weighted by molar-refractivity contribution is -0.130. The molecule has 0 radical (unpaired) electrons. The van der Waals surface area contributed by atoms with Crippen LogP contribution in [-0.2, 0) is 4.79 Å². The number of benzene rings is 1. The number of amides is 1. The van der Waals surface area contributed by atoms with Crippen molar-refractivity contribution in [3.63, 3.8) is 0 Å². The van der Waals surface area contributed by atoms with Crippen LogP contribution in [0.2, 0.25) is 0 Å². The molecule has 4 nitrogen and oxygen atoms in total. The monoisotopic (exact) mass is 332 g/mol. The van der Waals surface area contributed by atoms with Gasteiger partial charge < -0.3 is 9.64 Å². The Labute approximate surface area is 147 Å². The van der Waals surface area contributed by atoms with Crippen LogP contribution in [0.5, 0.6) is 5.75 Å². The Hall–Kier alpha value is -2.88. The molecule has 1 saturated heterocycles. The summed E-state index contributed by atoms with van der Waals surface area (Å²) >= 11 is 0. The van der Waals surface area contributed by atoms with E-state index in [-0.39, 0.29) is 11.9 Å². The molecule has 0 spiro atoms. The number of carbonyl (C=O) groups excluding carboxylic acids is 1. The van der Waals surface area contributed by atoms with Crippen molar-refractivity contribution in [1.29, 1.82) is 0 Å². The molecule has 0 aliphatic carbocycles. The van der Waals surface area contributed by atoms with Crippen molar-refractivity contribution in [2.24, 2.45) is 0 Å². The summed E-state index contributed by atoms with van der Waals surface area (Å²) < 4.78 is 5.61. The van der Waals surface area contributed by atoms with Crippen molar-refractivity contribution in [2.75, 3.05) is 6.54 Å². The van der Waals surface area contributed by atoms with E-state index in [0.717, 1.165) is 42.8 Å². The van der Waals surface area contributed by atoms with E-state index in [1.165, 1.54) is 0 Å². The minimum absolute atomic E-state index is 0.0342. The Morgan fingerprint density at radius 3 is 2.88 bits per heavy atom. The molecule has 1 atom stereocenters. The first kappa shape index (κ1) is 15.6. The summed E-state index contributed by atoms with van der Waals surface area (Å²) in [6.45, 7) is 0.758. The normalized spacial score (nSPS) is 19.4. The van der Waals surface area contributed by atoms with E-state index < -0.39 is 0 Å². The van der Waals surface area contributed by atoms with Gasteiger partial charge in [-0.3, -0.25) is 9.78 Å². The van der Waals surface area contributed by atoms with Gasteiger partial charge in [-0.15, -0.1) is 0 Å². The number of fused-ring (bicyclic) bond motifs is 1. The molecule has 4 rings (SSSR count). The molecular weight excluding hydrogens is 312 g/mol. The highest BCUT2D eigenvalue weighted by Crippen LogP contribution is 2.32. The molecule has 1 amide bonds. The smallest absolute Gasteiger partial charge is 0.254 e. The van der Waals surface area contributed by atoms with Gasteiger partial charge in [0.25, 0.3) is 5.91 Å². The Kier molecular flexibility index (Phi) is 4.34. The molecule has 2 aliphatic rings. The highest BCUT2D eigenvalue weighted by Gasteiger charge is 2.30. The molecule has 126 valence electrons. The maximum absolute atomic E-state index is 13.2. The Bertz CT molecular complexity index is 827. The highest BCUT2D eigenvalue weighted by atomic mass is 16.5. The second kappa shape index (κ2) is 6.93. The van der Waals surface area contributed by atoms with Crippen LogP contribution in [0.4, 0.5) is 0 Å². The van der Waals surface area contributed by atoms with Crippen LogP contribution in [0.15, 0.2) is 66.6 Å². The fraction of sp³-hybridized carbons (Fsp3) is 0.238. The highest BCUT2D eigenvalue weighted by molar-refractivity contribution is 6.01. The van der Waals surface area contributed by atoms with E-state index in [4.69, 9.17) is 4.74 Å². The van der Waals surface area contributed by atoms with Crippen LogP contribution in [0.25, 0.3) is 6.08 Å². The van der Waals surface area contributed by atoms with E-state index in [2.05, 4.69) is 4.98 Å². The van der Waals surface area contributed by atoms with Gasteiger partial charge in [0.05, 0.1) is 18.0 Å². The fourth-order valence-electron chi connectivity index (χ4n) is 3.46. The van der Waals surface area contributed by atoms with Crippen molar-refractivity contribution in [1.82, 2.24) is 9.88 Å². The number of nitrogens with zero attached hydrogens (tertiary/aromatic N) is 2. The van der Waals surface area contributed by atoms with Gasteiger partial charge in [0.2, 0.25) is 0 Å². The van der Waals surface area contributed by atoms with E-state index >= 15 is 0 Å². The van der Waals surface area contributed by atoms with Crippen molar-refractivity contribution in [3.05, 3.63) is 77.8 Å². The second-order valence-electron chi connectivity index (χ2n) is 6.32. The predicted octanol–water partition coefficient (Wildman–Crippen LogP) is 4.12. The molecule has 0 N–H and O–H groups in total. The summed E-state index contributed by atoms with van der Waals surface area (Å²) in [7, 11) is 0. The maximum atomic E-state index is 13.2. The number of piperidine rings is 1. The predicted molar refractivity (Wildman–Crippen MR) is 96.7 cm³/mol. The average molecular weight is 332 g/mol. The number of rotatable bonds is 2. The number of hydrogen-bond donors (Lipinski definition) is 0. The van der Waals surface area contributed by atoms with Crippen LogP contribution < -0.4 is 4.74 Å². The maximum Gasteiger partial charge on any atom is 0.254 e. The Balaban J connectivity index is 1.66. The van der Waals surface area contributed by atoms with E-state index in [1.807, 2.05) is 53.4 Å². The van der Waals surface area contributed by atoms with E-state index in [0.29, 0.717) is 5.57 Å². The number of pyridine rings is 1. The van der Waals surface area contributed by atoms with Crippen LogP contribution in [0.1, 0.15) is 36.6 Å². The van der Waals surface area contributed by atoms with Gasteiger partial charge >= 0.3 is 0 Å². The number of hydrogen-bond acceptors (Lipinski definition) is 3. The largest absolute Gasteiger partial charge is 0.464 e. The first-order valence-electron chi connectivity index (χ1n) is 8.69. The van der Waals surface area contributed by atoms with Crippen LogP contribution in [0.3, 0.4) is 0 Å². The van der Waals surface area contributed by atoms with Crippen LogP contribution in [0, 0.1) is 0 Å². The summed E-state index contributed by atoms with van der Waals surface area (Å²) in [6, 6.07) is 13.7. The number of para-hydroxylation sites is 1. The van der Waals surface area contributed by atoms with Gasteiger partial charge in [-0.05, 0) is 49.6 Å². The quantitative estimate of drug-likeness (QED) is 0.830. The molecule has 4 heteroatoms. The molecule has 0 unspecified atom stereocenters. The SMILES string of the molecule is O=C(C1=Cc2ccccc2OC=C1)N1CCCC[C@H]1c1ccccn1. The fourth-order valence-corrected chi connectivity index (χ4v) is 3.46. The number of aromatic nitrogens is 1. The molecule has 1 aromatic carbocycles. The lowest BCUT2D eigenvalue weighted by Crippen LogP contribution is -2.39. The van der Waals surface area contributed by atoms with E-state index in [9.17, 15) is 4.79 Å².